The quantitative estimate of drug-likeness (QED) is 0.813. The van der Waals surface area contributed by atoms with Gasteiger partial charge in [0.1, 0.15) is 0 Å². The van der Waals surface area contributed by atoms with Crippen molar-refractivity contribution in [1.82, 2.24) is 9.97 Å². The Bertz CT molecular complexity index is 993. The molecule has 2 aliphatic heterocycles. The summed E-state index contributed by atoms with van der Waals surface area (Å²) in [6, 6.07) is 5.94. The van der Waals surface area contributed by atoms with Crippen LogP contribution in [0.15, 0.2) is 18.2 Å². The number of hydrogen-bond donors (Lipinski definition) is 1. The zero-order valence-electron chi connectivity index (χ0n) is 18.6. The molecule has 1 aromatic carbocycles. The molecule has 1 unspecified atom stereocenters. The topological polar surface area (TPSA) is 87.7 Å². The van der Waals surface area contributed by atoms with Crippen LogP contribution in [-0.2, 0) is 14.3 Å². The van der Waals surface area contributed by atoms with Gasteiger partial charge in [-0.3, -0.25) is 9.59 Å². The predicted molar refractivity (Wildman–Crippen MR) is 120 cm³/mol. The SMILES string of the molecule is Cc1ccc(N2CC(C(=O)Nc3c(C)nc(N4CCOCC4)nc3C)CC2=O)cc1C. The number of amides is 2. The summed E-state index contributed by atoms with van der Waals surface area (Å²) in [6.07, 6.45) is 0.198. The standard InChI is InChI=1S/C23H29N5O3/c1-14-5-6-19(11-15(14)2)28-13-18(12-20(28)29)22(30)26-21-16(3)24-23(25-17(21)4)27-7-9-31-10-8-27/h5-6,11,18H,7-10,12-13H2,1-4H3,(H,26,30). The molecule has 2 fully saturated rings. The minimum atomic E-state index is -0.410. The highest BCUT2D eigenvalue weighted by Crippen LogP contribution is 2.28. The van der Waals surface area contributed by atoms with Crippen LogP contribution in [0.4, 0.5) is 17.3 Å². The smallest absolute Gasteiger partial charge is 0.229 e. The number of nitrogens with one attached hydrogen (secondary N) is 1. The molecule has 2 aliphatic rings. The van der Waals surface area contributed by atoms with E-state index in [1.807, 2.05) is 45.9 Å². The Hall–Kier alpha value is -3.00. The van der Waals surface area contributed by atoms with Crippen LogP contribution in [0.25, 0.3) is 0 Å². The summed E-state index contributed by atoms with van der Waals surface area (Å²) in [5.74, 6) is 0.0458. The van der Waals surface area contributed by atoms with Crippen LogP contribution in [0.5, 0.6) is 0 Å². The minimum absolute atomic E-state index is 0.0317. The summed E-state index contributed by atoms with van der Waals surface area (Å²) in [5.41, 5.74) is 5.21. The molecule has 2 aromatic rings. The van der Waals surface area contributed by atoms with Crippen molar-refractivity contribution in [2.75, 3.05) is 48.0 Å². The fourth-order valence-corrected chi connectivity index (χ4v) is 4.04. The van der Waals surface area contributed by atoms with Crippen molar-refractivity contribution < 1.29 is 14.3 Å². The van der Waals surface area contributed by atoms with Crippen LogP contribution in [0.2, 0.25) is 0 Å². The number of morpholine rings is 1. The van der Waals surface area contributed by atoms with E-state index in [9.17, 15) is 9.59 Å². The lowest BCUT2D eigenvalue weighted by Crippen LogP contribution is -2.37. The maximum atomic E-state index is 13.0. The Kier molecular flexibility index (Phi) is 5.91. The van der Waals surface area contributed by atoms with Gasteiger partial charge < -0.3 is 19.9 Å². The third-order valence-corrected chi connectivity index (χ3v) is 6.10. The van der Waals surface area contributed by atoms with E-state index in [2.05, 4.69) is 20.2 Å². The minimum Gasteiger partial charge on any atom is -0.378 e. The number of aryl methyl sites for hydroxylation is 4. The molecule has 1 atom stereocenters. The van der Waals surface area contributed by atoms with Gasteiger partial charge in [0.15, 0.2) is 0 Å². The number of aromatic nitrogens is 2. The summed E-state index contributed by atoms with van der Waals surface area (Å²) in [6.45, 7) is 11.0. The molecule has 2 saturated heterocycles. The molecule has 164 valence electrons. The van der Waals surface area contributed by atoms with Crippen molar-refractivity contribution in [3.63, 3.8) is 0 Å². The zero-order chi connectivity index (χ0) is 22.1. The first kappa shape index (κ1) is 21.2. The molecule has 1 N–H and O–H groups in total. The molecule has 0 saturated carbocycles. The molecule has 1 aromatic heterocycles. The van der Waals surface area contributed by atoms with Gasteiger partial charge in [0, 0.05) is 31.7 Å². The molecule has 3 heterocycles. The van der Waals surface area contributed by atoms with E-state index in [-0.39, 0.29) is 18.2 Å². The predicted octanol–water partition coefficient (Wildman–Crippen LogP) is 2.54. The summed E-state index contributed by atoms with van der Waals surface area (Å²) in [5, 5.41) is 2.98. The van der Waals surface area contributed by atoms with Crippen LogP contribution in [0.3, 0.4) is 0 Å². The summed E-state index contributed by atoms with van der Waals surface area (Å²) >= 11 is 0. The third kappa shape index (κ3) is 4.39. The highest BCUT2D eigenvalue weighted by Gasteiger charge is 2.35. The van der Waals surface area contributed by atoms with E-state index in [0.29, 0.717) is 31.4 Å². The average molecular weight is 424 g/mol. The lowest BCUT2D eigenvalue weighted by molar-refractivity contribution is -0.122. The largest absolute Gasteiger partial charge is 0.378 e. The first-order valence-corrected chi connectivity index (χ1v) is 10.7. The Morgan fingerprint density at radius 1 is 1.06 bits per heavy atom. The molecular formula is C23H29N5O3. The molecule has 2 amide bonds. The Balaban J connectivity index is 1.47. The number of anilines is 3. The monoisotopic (exact) mass is 423 g/mol. The van der Waals surface area contributed by atoms with Gasteiger partial charge in [0.05, 0.1) is 36.2 Å². The summed E-state index contributed by atoms with van der Waals surface area (Å²) in [4.78, 5) is 38.6. The summed E-state index contributed by atoms with van der Waals surface area (Å²) in [7, 11) is 0. The molecule has 0 aliphatic carbocycles. The number of carbonyl (C=O) groups is 2. The highest BCUT2D eigenvalue weighted by atomic mass is 16.5. The van der Waals surface area contributed by atoms with Gasteiger partial charge in [-0.1, -0.05) is 6.07 Å². The van der Waals surface area contributed by atoms with Crippen LogP contribution in [-0.4, -0.2) is 54.6 Å². The second-order valence-corrected chi connectivity index (χ2v) is 8.33. The Morgan fingerprint density at radius 2 is 1.74 bits per heavy atom. The third-order valence-electron chi connectivity index (χ3n) is 6.10. The van der Waals surface area contributed by atoms with Gasteiger partial charge in [0.25, 0.3) is 0 Å². The van der Waals surface area contributed by atoms with E-state index in [0.717, 1.165) is 35.7 Å². The lowest BCUT2D eigenvalue weighted by Gasteiger charge is -2.27. The van der Waals surface area contributed by atoms with Gasteiger partial charge >= 0.3 is 0 Å². The van der Waals surface area contributed by atoms with Gasteiger partial charge in [-0.15, -0.1) is 0 Å². The molecule has 0 bridgehead atoms. The molecule has 8 heteroatoms. The number of carbonyl (C=O) groups excluding carboxylic acids is 2. The molecule has 31 heavy (non-hydrogen) atoms. The van der Waals surface area contributed by atoms with Crippen LogP contribution in [0.1, 0.15) is 28.9 Å². The van der Waals surface area contributed by atoms with Crippen LogP contribution >= 0.6 is 0 Å². The first-order valence-electron chi connectivity index (χ1n) is 10.7. The number of rotatable bonds is 4. The number of ether oxygens (including phenoxy) is 1. The first-order chi connectivity index (χ1) is 14.8. The molecule has 8 nitrogen and oxygen atoms in total. The lowest BCUT2D eigenvalue weighted by atomic mass is 10.1. The van der Waals surface area contributed by atoms with E-state index in [1.54, 1.807) is 4.90 Å². The van der Waals surface area contributed by atoms with Crippen LogP contribution < -0.4 is 15.1 Å². The average Bonchev–Trinajstić information content (AvgIpc) is 3.15. The van der Waals surface area contributed by atoms with Crippen molar-refractivity contribution in [2.24, 2.45) is 5.92 Å². The fourth-order valence-electron chi connectivity index (χ4n) is 4.04. The van der Waals surface area contributed by atoms with E-state index in [4.69, 9.17) is 4.74 Å². The van der Waals surface area contributed by atoms with Gasteiger partial charge in [-0.05, 0) is 51.0 Å². The van der Waals surface area contributed by atoms with Crippen molar-refractivity contribution >= 4 is 29.1 Å². The fraction of sp³-hybridized carbons (Fsp3) is 0.478. The van der Waals surface area contributed by atoms with Gasteiger partial charge in [-0.25, -0.2) is 9.97 Å². The van der Waals surface area contributed by atoms with Crippen molar-refractivity contribution in [3.8, 4) is 0 Å². The van der Waals surface area contributed by atoms with E-state index >= 15 is 0 Å². The van der Waals surface area contributed by atoms with Gasteiger partial charge in [0.2, 0.25) is 17.8 Å². The maximum absolute atomic E-state index is 13.0. The molecule has 0 spiro atoms. The van der Waals surface area contributed by atoms with Crippen LogP contribution in [0, 0.1) is 33.6 Å². The molecule has 4 rings (SSSR count). The zero-order valence-corrected chi connectivity index (χ0v) is 18.6. The highest BCUT2D eigenvalue weighted by molar-refractivity contribution is 6.03. The Morgan fingerprint density at radius 3 is 2.39 bits per heavy atom. The molecular weight excluding hydrogens is 394 g/mol. The number of nitrogens with zero attached hydrogens (tertiary/aromatic N) is 4. The second kappa shape index (κ2) is 8.63. The maximum Gasteiger partial charge on any atom is 0.229 e. The normalized spacial score (nSPS) is 19.1. The summed E-state index contributed by atoms with van der Waals surface area (Å²) < 4.78 is 5.39. The van der Waals surface area contributed by atoms with Crippen molar-refractivity contribution in [2.45, 2.75) is 34.1 Å². The Labute approximate surface area is 182 Å². The van der Waals surface area contributed by atoms with E-state index in [1.165, 1.54) is 5.56 Å². The second-order valence-electron chi connectivity index (χ2n) is 8.33. The van der Waals surface area contributed by atoms with Crippen molar-refractivity contribution in [3.05, 3.63) is 40.7 Å². The number of hydrogen-bond acceptors (Lipinski definition) is 6. The number of benzene rings is 1. The van der Waals surface area contributed by atoms with Crippen molar-refractivity contribution in [1.29, 1.82) is 0 Å². The van der Waals surface area contributed by atoms with Gasteiger partial charge in [-0.2, -0.15) is 0 Å². The van der Waals surface area contributed by atoms with E-state index < -0.39 is 5.92 Å². The molecule has 0 radical (unpaired) electrons.